The molecule has 4 N–H and O–H groups in total. The Balaban J connectivity index is 1.43. The Hall–Kier alpha value is -3.24. The van der Waals surface area contributed by atoms with E-state index in [-0.39, 0.29) is 41.6 Å². The average Bonchev–Trinajstić information content (AvgIpc) is 3.32. The molecular weight excluding hydrogens is 444 g/mol. The van der Waals surface area contributed by atoms with Gasteiger partial charge in [0.25, 0.3) is 5.91 Å². The quantitative estimate of drug-likeness (QED) is 0.416. The van der Waals surface area contributed by atoms with Crippen LogP contribution >= 0.6 is 0 Å². The van der Waals surface area contributed by atoms with Gasteiger partial charge in [0.2, 0.25) is 21.8 Å². The van der Waals surface area contributed by atoms with E-state index in [2.05, 4.69) is 20.7 Å². The van der Waals surface area contributed by atoms with Crippen LogP contribution in [0.4, 0.5) is 11.4 Å². The third-order valence-corrected chi connectivity index (χ3v) is 6.81. The van der Waals surface area contributed by atoms with Gasteiger partial charge in [-0.2, -0.15) is 0 Å². The van der Waals surface area contributed by atoms with Crippen LogP contribution in [-0.4, -0.2) is 39.2 Å². The van der Waals surface area contributed by atoms with Gasteiger partial charge in [-0.15, -0.1) is 0 Å². The summed E-state index contributed by atoms with van der Waals surface area (Å²) in [5, 5.41) is 8.10. The predicted octanol–water partition coefficient (Wildman–Crippen LogP) is 2.48. The lowest BCUT2D eigenvalue weighted by atomic mass is 10.1. The molecule has 0 saturated heterocycles. The second kappa shape index (κ2) is 11.1. The van der Waals surface area contributed by atoms with E-state index in [1.807, 2.05) is 0 Å². The van der Waals surface area contributed by atoms with Gasteiger partial charge in [0.15, 0.2) is 0 Å². The van der Waals surface area contributed by atoms with E-state index in [1.54, 1.807) is 24.3 Å². The number of carbonyl (C=O) groups excluding carboxylic acids is 3. The summed E-state index contributed by atoms with van der Waals surface area (Å²) in [4.78, 5) is 35.6. The van der Waals surface area contributed by atoms with Crippen LogP contribution < -0.4 is 20.7 Å². The van der Waals surface area contributed by atoms with Gasteiger partial charge in [-0.05, 0) is 61.4 Å². The molecule has 176 valence electrons. The maximum Gasteiger partial charge on any atom is 0.251 e. The van der Waals surface area contributed by atoms with Crippen molar-refractivity contribution in [2.75, 3.05) is 23.7 Å². The Morgan fingerprint density at radius 2 is 1.42 bits per heavy atom. The summed E-state index contributed by atoms with van der Waals surface area (Å²) in [6.07, 6.45) is 3.99. The lowest BCUT2D eigenvalue weighted by molar-refractivity contribution is -0.119. The number of benzene rings is 2. The first kappa shape index (κ1) is 24.4. The molecule has 1 saturated carbocycles. The van der Waals surface area contributed by atoms with E-state index in [1.165, 1.54) is 31.2 Å². The van der Waals surface area contributed by atoms with Crippen LogP contribution in [-0.2, 0) is 19.6 Å². The van der Waals surface area contributed by atoms with E-state index in [0.29, 0.717) is 16.9 Å². The maximum absolute atomic E-state index is 12.4. The standard InChI is InChI=1S/C23H28N4O5S/c1-16(28)26-19-10-12-21(13-11-19)33(31,32)25-15-14-24-22(29)18-6-8-20(9-7-18)27-23(30)17-4-2-3-5-17/h6-13,17,25H,2-5,14-15H2,1H3,(H,24,29)(H,26,28)(H,27,30). The Bertz CT molecular complexity index is 1090. The number of rotatable bonds is 9. The summed E-state index contributed by atoms with van der Waals surface area (Å²) in [6, 6.07) is 12.3. The Morgan fingerprint density at radius 1 is 0.848 bits per heavy atom. The molecule has 0 spiro atoms. The van der Waals surface area contributed by atoms with Crippen LogP contribution in [0.5, 0.6) is 0 Å². The number of amides is 3. The van der Waals surface area contributed by atoms with Gasteiger partial charge in [-0.1, -0.05) is 12.8 Å². The normalized spacial score (nSPS) is 14.0. The lowest BCUT2D eigenvalue weighted by Crippen LogP contribution is -2.34. The number of carbonyl (C=O) groups is 3. The number of sulfonamides is 1. The Morgan fingerprint density at radius 3 is 2.03 bits per heavy atom. The zero-order valence-corrected chi connectivity index (χ0v) is 19.2. The summed E-state index contributed by atoms with van der Waals surface area (Å²) in [5.74, 6) is -0.515. The van der Waals surface area contributed by atoms with Crippen molar-refractivity contribution in [3.05, 3.63) is 54.1 Å². The molecule has 0 unspecified atom stereocenters. The molecule has 0 aromatic heterocycles. The number of hydrogen-bond donors (Lipinski definition) is 4. The molecule has 0 bridgehead atoms. The fourth-order valence-corrected chi connectivity index (χ4v) is 4.64. The zero-order valence-electron chi connectivity index (χ0n) is 18.4. The van der Waals surface area contributed by atoms with Crippen molar-refractivity contribution in [2.45, 2.75) is 37.5 Å². The zero-order chi connectivity index (χ0) is 23.8. The van der Waals surface area contributed by atoms with Crippen molar-refractivity contribution in [1.82, 2.24) is 10.0 Å². The summed E-state index contributed by atoms with van der Waals surface area (Å²) in [6.45, 7) is 1.48. The number of hydrogen-bond acceptors (Lipinski definition) is 5. The summed E-state index contributed by atoms with van der Waals surface area (Å²) in [7, 11) is -3.75. The second-order valence-electron chi connectivity index (χ2n) is 7.91. The van der Waals surface area contributed by atoms with Crippen molar-refractivity contribution in [3.8, 4) is 0 Å². The van der Waals surface area contributed by atoms with Crippen molar-refractivity contribution >= 4 is 39.1 Å². The molecule has 9 nitrogen and oxygen atoms in total. The van der Waals surface area contributed by atoms with E-state index < -0.39 is 10.0 Å². The molecular formula is C23H28N4O5S. The molecule has 2 aromatic rings. The minimum absolute atomic E-state index is 0.0110. The molecule has 0 radical (unpaired) electrons. The second-order valence-corrected chi connectivity index (χ2v) is 9.67. The van der Waals surface area contributed by atoms with Crippen molar-refractivity contribution in [2.24, 2.45) is 5.92 Å². The molecule has 3 amide bonds. The minimum atomic E-state index is -3.75. The average molecular weight is 473 g/mol. The SMILES string of the molecule is CC(=O)Nc1ccc(S(=O)(=O)NCCNC(=O)c2ccc(NC(=O)C3CCCC3)cc2)cc1. The fraction of sp³-hybridized carbons (Fsp3) is 0.348. The van der Waals surface area contributed by atoms with Gasteiger partial charge in [-0.25, -0.2) is 13.1 Å². The summed E-state index contributed by atoms with van der Waals surface area (Å²) < 4.78 is 27.1. The molecule has 0 atom stereocenters. The highest BCUT2D eigenvalue weighted by molar-refractivity contribution is 7.89. The topological polar surface area (TPSA) is 133 Å². The van der Waals surface area contributed by atoms with Crippen LogP contribution in [0, 0.1) is 5.92 Å². The van der Waals surface area contributed by atoms with E-state index in [0.717, 1.165) is 25.7 Å². The first-order valence-corrected chi connectivity index (χ1v) is 12.3. The molecule has 0 aliphatic heterocycles. The first-order chi connectivity index (χ1) is 15.7. The minimum Gasteiger partial charge on any atom is -0.351 e. The highest BCUT2D eigenvalue weighted by Crippen LogP contribution is 2.26. The molecule has 3 rings (SSSR count). The van der Waals surface area contributed by atoms with Gasteiger partial charge in [0.1, 0.15) is 0 Å². The van der Waals surface area contributed by atoms with Crippen LogP contribution in [0.2, 0.25) is 0 Å². The molecule has 33 heavy (non-hydrogen) atoms. The number of anilines is 2. The van der Waals surface area contributed by atoms with Crippen molar-refractivity contribution in [1.29, 1.82) is 0 Å². The Labute approximate surface area is 193 Å². The van der Waals surface area contributed by atoms with Gasteiger partial charge in [0.05, 0.1) is 4.90 Å². The molecule has 2 aromatic carbocycles. The molecule has 1 aliphatic rings. The first-order valence-electron chi connectivity index (χ1n) is 10.8. The van der Waals surface area contributed by atoms with Gasteiger partial charge in [-0.3, -0.25) is 14.4 Å². The highest BCUT2D eigenvalue weighted by Gasteiger charge is 2.22. The van der Waals surface area contributed by atoms with Crippen LogP contribution in [0.25, 0.3) is 0 Å². The van der Waals surface area contributed by atoms with E-state index in [4.69, 9.17) is 0 Å². The summed E-state index contributed by atoms with van der Waals surface area (Å²) >= 11 is 0. The molecule has 1 aliphatic carbocycles. The Kier molecular flexibility index (Phi) is 8.18. The van der Waals surface area contributed by atoms with Gasteiger partial charge in [0, 0.05) is 42.9 Å². The van der Waals surface area contributed by atoms with Gasteiger partial charge < -0.3 is 16.0 Å². The molecule has 10 heteroatoms. The lowest BCUT2D eigenvalue weighted by Gasteiger charge is -2.11. The third kappa shape index (κ3) is 7.13. The largest absolute Gasteiger partial charge is 0.351 e. The maximum atomic E-state index is 12.4. The van der Waals surface area contributed by atoms with Crippen molar-refractivity contribution < 1.29 is 22.8 Å². The van der Waals surface area contributed by atoms with Crippen LogP contribution in [0.1, 0.15) is 43.0 Å². The van der Waals surface area contributed by atoms with Crippen LogP contribution in [0.3, 0.4) is 0 Å². The van der Waals surface area contributed by atoms with E-state index in [9.17, 15) is 22.8 Å². The van der Waals surface area contributed by atoms with Crippen molar-refractivity contribution in [3.63, 3.8) is 0 Å². The molecule has 1 fully saturated rings. The van der Waals surface area contributed by atoms with Crippen LogP contribution in [0.15, 0.2) is 53.4 Å². The third-order valence-electron chi connectivity index (χ3n) is 5.33. The predicted molar refractivity (Wildman–Crippen MR) is 125 cm³/mol. The van der Waals surface area contributed by atoms with Gasteiger partial charge >= 0.3 is 0 Å². The highest BCUT2D eigenvalue weighted by atomic mass is 32.2. The van der Waals surface area contributed by atoms with E-state index >= 15 is 0 Å². The molecule has 0 heterocycles. The fourth-order valence-electron chi connectivity index (χ4n) is 3.60. The smallest absolute Gasteiger partial charge is 0.251 e. The summed E-state index contributed by atoms with van der Waals surface area (Å²) in [5.41, 5.74) is 1.55. The monoisotopic (exact) mass is 472 g/mol. The number of nitrogens with one attached hydrogen (secondary N) is 4.